The molecule has 1 atom stereocenters. The van der Waals surface area contributed by atoms with Gasteiger partial charge in [-0.1, -0.05) is 13.0 Å². The van der Waals surface area contributed by atoms with Gasteiger partial charge in [0.1, 0.15) is 5.75 Å². The minimum Gasteiger partial charge on any atom is -0.491 e. The van der Waals surface area contributed by atoms with E-state index in [-0.39, 0.29) is 18.4 Å². The summed E-state index contributed by atoms with van der Waals surface area (Å²) in [4.78, 5) is 11.9. The number of nitrogens with one attached hydrogen (secondary N) is 1. The molecular formula is C15H24N2O3. The topological polar surface area (TPSA) is 73.6 Å². The molecule has 1 amide bonds. The van der Waals surface area contributed by atoms with Crippen LogP contribution in [0, 0.1) is 6.92 Å². The van der Waals surface area contributed by atoms with Crippen molar-refractivity contribution in [1.82, 2.24) is 0 Å². The Morgan fingerprint density at radius 2 is 2.20 bits per heavy atom. The third-order valence-corrected chi connectivity index (χ3v) is 2.88. The zero-order valence-electron chi connectivity index (χ0n) is 12.4. The highest BCUT2D eigenvalue weighted by Gasteiger charge is 2.13. The molecule has 0 fully saturated rings. The molecule has 3 N–H and O–H groups in total. The molecule has 0 radical (unpaired) electrons. The first kappa shape index (κ1) is 16.5. The van der Waals surface area contributed by atoms with Gasteiger partial charge >= 0.3 is 0 Å². The fourth-order valence-electron chi connectivity index (χ4n) is 1.74. The minimum atomic E-state index is -0.263. The van der Waals surface area contributed by atoms with Crippen molar-refractivity contribution in [3.63, 3.8) is 0 Å². The Bertz CT molecular complexity index is 431. The molecule has 1 unspecified atom stereocenters. The molecule has 20 heavy (non-hydrogen) atoms. The van der Waals surface area contributed by atoms with Gasteiger partial charge < -0.3 is 20.5 Å². The monoisotopic (exact) mass is 280 g/mol. The third kappa shape index (κ3) is 5.19. The number of hydrogen-bond acceptors (Lipinski definition) is 4. The lowest BCUT2D eigenvalue weighted by Crippen LogP contribution is -2.28. The lowest BCUT2D eigenvalue weighted by atomic mass is 10.2. The van der Waals surface area contributed by atoms with Crippen LogP contribution < -0.4 is 15.8 Å². The normalized spacial score (nSPS) is 12.0. The van der Waals surface area contributed by atoms with Crippen LogP contribution in [-0.4, -0.2) is 32.3 Å². The molecule has 0 spiro atoms. The Labute approximate surface area is 120 Å². The molecule has 0 bridgehead atoms. The van der Waals surface area contributed by atoms with Gasteiger partial charge in [0.2, 0.25) is 5.91 Å². The summed E-state index contributed by atoms with van der Waals surface area (Å²) in [5, 5.41) is 2.85. The van der Waals surface area contributed by atoms with Crippen LogP contribution in [0.25, 0.3) is 0 Å². The van der Waals surface area contributed by atoms with E-state index in [0.717, 1.165) is 12.0 Å². The van der Waals surface area contributed by atoms with E-state index >= 15 is 0 Å². The standard InChI is InChI=1S/C15H24N2O3/c1-4-7-20-14-8-11(2)5-6-13(14)17-15(18)9-12(10-16)19-3/h5-6,8,12H,4,7,9-10,16H2,1-3H3,(H,17,18). The Morgan fingerprint density at radius 3 is 2.80 bits per heavy atom. The van der Waals surface area contributed by atoms with E-state index in [0.29, 0.717) is 24.6 Å². The van der Waals surface area contributed by atoms with Crippen molar-refractivity contribution in [1.29, 1.82) is 0 Å². The maximum atomic E-state index is 11.9. The van der Waals surface area contributed by atoms with Crippen LogP contribution in [0.4, 0.5) is 5.69 Å². The number of anilines is 1. The third-order valence-electron chi connectivity index (χ3n) is 2.88. The number of nitrogens with two attached hydrogens (primary N) is 1. The maximum Gasteiger partial charge on any atom is 0.227 e. The molecule has 112 valence electrons. The molecule has 0 saturated heterocycles. The summed E-state index contributed by atoms with van der Waals surface area (Å²) in [5.41, 5.74) is 7.28. The summed E-state index contributed by atoms with van der Waals surface area (Å²) in [7, 11) is 1.55. The average Bonchev–Trinajstić information content (AvgIpc) is 2.44. The van der Waals surface area contributed by atoms with E-state index in [4.69, 9.17) is 15.2 Å². The first-order chi connectivity index (χ1) is 9.60. The summed E-state index contributed by atoms with van der Waals surface area (Å²) >= 11 is 0. The molecule has 1 rings (SSSR count). The number of aryl methyl sites for hydroxylation is 1. The number of ether oxygens (including phenoxy) is 2. The van der Waals surface area contributed by atoms with Crippen LogP contribution in [-0.2, 0) is 9.53 Å². The highest BCUT2D eigenvalue weighted by atomic mass is 16.5. The Morgan fingerprint density at radius 1 is 1.45 bits per heavy atom. The van der Waals surface area contributed by atoms with Gasteiger partial charge in [0, 0.05) is 13.7 Å². The van der Waals surface area contributed by atoms with Crippen LogP contribution in [0.3, 0.4) is 0 Å². The van der Waals surface area contributed by atoms with Crippen molar-refractivity contribution < 1.29 is 14.3 Å². The van der Waals surface area contributed by atoms with Gasteiger partial charge in [-0.05, 0) is 31.0 Å². The van der Waals surface area contributed by atoms with Crippen LogP contribution in [0.1, 0.15) is 25.3 Å². The van der Waals surface area contributed by atoms with E-state index in [1.165, 1.54) is 0 Å². The predicted molar refractivity (Wildman–Crippen MR) is 80.1 cm³/mol. The first-order valence-corrected chi connectivity index (χ1v) is 6.86. The smallest absolute Gasteiger partial charge is 0.227 e. The maximum absolute atomic E-state index is 11.9. The molecule has 0 aliphatic heterocycles. The number of amides is 1. The van der Waals surface area contributed by atoms with Gasteiger partial charge in [-0.3, -0.25) is 4.79 Å². The molecule has 5 heteroatoms. The average molecular weight is 280 g/mol. The van der Waals surface area contributed by atoms with Gasteiger partial charge in [0.25, 0.3) is 0 Å². The lowest BCUT2D eigenvalue weighted by Gasteiger charge is -2.15. The number of methoxy groups -OCH3 is 1. The molecule has 0 aliphatic rings. The SMILES string of the molecule is CCCOc1cc(C)ccc1NC(=O)CC(CN)OC. The van der Waals surface area contributed by atoms with Gasteiger partial charge in [-0.15, -0.1) is 0 Å². The molecule has 0 aromatic heterocycles. The highest BCUT2D eigenvalue weighted by Crippen LogP contribution is 2.26. The number of carbonyl (C=O) groups is 1. The van der Waals surface area contributed by atoms with Crippen LogP contribution >= 0.6 is 0 Å². The predicted octanol–water partition coefficient (Wildman–Crippen LogP) is 2.09. The fraction of sp³-hybridized carbons (Fsp3) is 0.533. The quantitative estimate of drug-likeness (QED) is 0.764. The van der Waals surface area contributed by atoms with E-state index in [1.807, 2.05) is 32.0 Å². The van der Waals surface area contributed by atoms with E-state index in [2.05, 4.69) is 5.32 Å². The second kappa shape index (κ2) is 8.55. The van der Waals surface area contributed by atoms with Gasteiger partial charge in [-0.2, -0.15) is 0 Å². The van der Waals surface area contributed by atoms with Crippen molar-refractivity contribution in [3.8, 4) is 5.75 Å². The van der Waals surface area contributed by atoms with Crippen LogP contribution in [0.5, 0.6) is 5.75 Å². The van der Waals surface area contributed by atoms with E-state index in [1.54, 1.807) is 7.11 Å². The van der Waals surface area contributed by atoms with E-state index in [9.17, 15) is 4.79 Å². The number of benzene rings is 1. The molecule has 0 aliphatic carbocycles. The van der Waals surface area contributed by atoms with Crippen LogP contribution in [0.2, 0.25) is 0 Å². The van der Waals surface area contributed by atoms with Gasteiger partial charge in [0.05, 0.1) is 24.8 Å². The number of carbonyl (C=O) groups excluding carboxylic acids is 1. The number of rotatable bonds is 8. The van der Waals surface area contributed by atoms with Crippen LogP contribution in [0.15, 0.2) is 18.2 Å². The van der Waals surface area contributed by atoms with Crippen molar-refractivity contribution in [3.05, 3.63) is 23.8 Å². The summed E-state index contributed by atoms with van der Waals surface area (Å²) in [6.07, 6.45) is 0.884. The molecule has 0 heterocycles. The summed E-state index contributed by atoms with van der Waals surface area (Å²) in [5.74, 6) is 0.564. The number of hydrogen-bond donors (Lipinski definition) is 2. The zero-order chi connectivity index (χ0) is 15.0. The largest absolute Gasteiger partial charge is 0.491 e. The Kier molecular flexibility index (Phi) is 7.04. The van der Waals surface area contributed by atoms with Crippen molar-refractivity contribution >= 4 is 11.6 Å². The molecule has 1 aromatic carbocycles. The Hall–Kier alpha value is -1.59. The fourth-order valence-corrected chi connectivity index (χ4v) is 1.74. The summed E-state index contributed by atoms with van der Waals surface area (Å²) < 4.78 is 10.8. The highest BCUT2D eigenvalue weighted by molar-refractivity contribution is 5.92. The van der Waals surface area contributed by atoms with E-state index < -0.39 is 0 Å². The molecule has 5 nitrogen and oxygen atoms in total. The van der Waals surface area contributed by atoms with Gasteiger partial charge in [-0.25, -0.2) is 0 Å². The second-order valence-electron chi connectivity index (χ2n) is 4.69. The van der Waals surface area contributed by atoms with Crippen molar-refractivity contribution in [2.24, 2.45) is 5.73 Å². The second-order valence-corrected chi connectivity index (χ2v) is 4.69. The molecular weight excluding hydrogens is 256 g/mol. The van der Waals surface area contributed by atoms with Gasteiger partial charge in [0.15, 0.2) is 0 Å². The first-order valence-electron chi connectivity index (χ1n) is 6.86. The minimum absolute atomic E-state index is 0.132. The molecule has 1 aromatic rings. The summed E-state index contributed by atoms with van der Waals surface area (Å²) in [6, 6.07) is 5.70. The lowest BCUT2D eigenvalue weighted by molar-refractivity contribution is -0.118. The van der Waals surface area contributed by atoms with Crippen molar-refractivity contribution in [2.75, 3.05) is 25.6 Å². The zero-order valence-corrected chi connectivity index (χ0v) is 12.4. The Balaban J connectivity index is 2.72. The summed E-state index contributed by atoms with van der Waals surface area (Å²) in [6.45, 7) is 4.96. The molecule has 0 saturated carbocycles. The van der Waals surface area contributed by atoms with Crippen molar-refractivity contribution in [2.45, 2.75) is 32.8 Å².